The summed E-state index contributed by atoms with van der Waals surface area (Å²) in [6.07, 6.45) is 1.69. The van der Waals surface area contributed by atoms with E-state index in [2.05, 4.69) is 4.99 Å². The van der Waals surface area contributed by atoms with Crippen molar-refractivity contribution < 1.29 is 33.3 Å². The SMILES string of the molecule is COC(=O)C1=C(C)N=c2s/c(=C/c3ccc(OC(C)=O)cc3)c(=O)n2[C@@H]1c1ccc(OC(C)=O)c(OC)c1. The van der Waals surface area contributed by atoms with E-state index < -0.39 is 23.9 Å². The second kappa shape index (κ2) is 10.9. The smallest absolute Gasteiger partial charge is 0.338 e. The minimum atomic E-state index is -0.868. The second-order valence-corrected chi connectivity index (χ2v) is 9.25. The van der Waals surface area contributed by atoms with E-state index in [1.165, 1.54) is 44.0 Å². The zero-order chi connectivity index (χ0) is 27.6. The molecule has 0 saturated heterocycles. The third-order valence-corrected chi connectivity index (χ3v) is 6.61. The first-order valence-corrected chi connectivity index (χ1v) is 12.2. The van der Waals surface area contributed by atoms with Gasteiger partial charge in [0.25, 0.3) is 5.56 Å². The van der Waals surface area contributed by atoms with Gasteiger partial charge in [-0.15, -0.1) is 0 Å². The monoisotopic (exact) mass is 536 g/mol. The zero-order valence-electron chi connectivity index (χ0n) is 21.3. The molecule has 0 fully saturated rings. The Bertz CT molecular complexity index is 1650. The summed E-state index contributed by atoms with van der Waals surface area (Å²) in [7, 11) is 2.68. The number of methoxy groups -OCH3 is 2. The molecule has 1 aromatic heterocycles. The first kappa shape index (κ1) is 26.6. The number of ether oxygens (including phenoxy) is 4. The van der Waals surface area contributed by atoms with Gasteiger partial charge in [0, 0.05) is 13.8 Å². The number of allylic oxidation sites excluding steroid dienone is 1. The van der Waals surface area contributed by atoms with E-state index >= 15 is 0 Å². The second-order valence-electron chi connectivity index (χ2n) is 8.24. The van der Waals surface area contributed by atoms with Gasteiger partial charge in [0.1, 0.15) is 5.75 Å². The average molecular weight is 537 g/mol. The van der Waals surface area contributed by atoms with Gasteiger partial charge >= 0.3 is 17.9 Å². The minimum Gasteiger partial charge on any atom is -0.493 e. The van der Waals surface area contributed by atoms with Crippen LogP contribution in [0, 0.1) is 0 Å². The van der Waals surface area contributed by atoms with Crippen LogP contribution in [0.25, 0.3) is 6.08 Å². The summed E-state index contributed by atoms with van der Waals surface area (Å²) in [4.78, 5) is 54.1. The summed E-state index contributed by atoms with van der Waals surface area (Å²) < 4.78 is 22.5. The first-order valence-electron chi connectivity index (χ1n) is 11.4. The summed E-state index contributed by atoms with van der Waals surface area (Å²) in [6, 6.07) is 10.6. The number of rotatable bonds is 6. The van der Waals surface area contributed by atoms with Crippen molar-refractivity contribution in [3.63, 3.8) is 0 Å². The minimum absolute atomic E-state index is 0.194. The zero-order valence-corrected chi connectivity index (χ0v) is 22.1. The molecule has 4 rings (SSSR count). The fourth-order valence-electron chi connectivity index (χ4n) is 4.05. The molecule has 0 bridgehead atoms. The number of benzene rings is 2. The van der Waals surface area contributed by atoms with Crippen molar-refractivity contribution in [3.05, 3.63) is 84.5 Å². The lowest BCUT2D eigenvalue weighted by Crippen LogP contribution is -2.39. The molecule has 10 nitrogen and oxygen atoms in total. The largest absolute Gasteiger partial charge is 0.493 e. The van der Waals surface area contributed by atoms with E-state index in [0.717, 1.165) is 0 Å². The van der Waals surface area contributed by atoms with E-state index in [1.807, 2.05) is 0 Å². The van der Waals surface area contributed by atoms with Crippen molar-refractivity contribution in [2.75, 3.05) is 14.2 Å². The van der Waals surface area contributed by atoms with Gasteiger partial charge in [0.2, 0.25) is 0 Å². The van der Waals surface area contributed by atoms with E-state index in [1.54, 1.807) is 55.5 Å². The predicted octanol–water partition coefficient (Wildman–Crippen LogP) is 2.27. The molecule has 2 aromatic carbocycles. The highest BCUT2D eigenvalue weighted by molar-refractivity contribution is 7.07. The van der Waals surface area contributed by atoms with Crippen LogP contribution in [-0.4, -0.2) is 36.7 Å². The third kappa shape index (κ3) is 5.28. The number of aromatic nitrogens is 1. The van der Waals surface area contributed by atoms with Crippen LogP contribution in [0.1, 0.15) is 37.9 Å². The quantitative estimate of drug-likeness (QED) is 0.347. The van der Waals surface area contributed by atoms with Crippen LogP contribution in [-0.2, 0) is 19.1 Å². The van der Waals surface area contributed by atoms with Gasteiger partial charge in [-0.2, -0.15) is 0 Å². The Balaban J connectivity index is 1.88. The standard InChI is InChI=1S/C27H24N2O8S/c1-14-23(26(33)35-5)24(18-8-11-20(37-16(3)31)21(13-18)34-4)29-25(32)22(38-27(29)28-14)12-17-6-9-19(10-7-17)36-15(2)30/h6-13,24H,1-5H3/b22-12+/t24-/m1/s1. The predicted molar refractivity (Wildman–Crippen MR) is 138 cm³/mol. The number of hydrogen-bond donors (Lipinski definition) is 0. The summed E-state index contributed by atoms with van der Waals surface area (Å²) in [6.45, 7) is 4.26. The maximum Gasteiger partial charge on any atom is 0.338 e. The lowest BCUT2D eigenvalue weighted by atomic mass is 9.95. The maximum atomic E-state index is 13.7. The molecular formula is C27H24N2O8S. The fourth-order valence-corrected chi connectivity index (χ4v) is 5.10. The topological polar surface area (TPSA) is 122 Å². The molecule has 196 valence electrons. The molecule has 0 amide bonds. The molecule has 0 saturated carbocycles. The van der Waals surface area contributed by atoms with Gasteiger partial charge in [0.05, 0.1) is 36.1 Å². The number of fused-ring (bicyclic) bond motifs is 1. The van der Waals surface area contributed by atoms with Crippen molar-refractivity contribution in [2.24, 2.45) is 4.99 Å². The highest BCUT2D eigenvalue weighted by atomic mass is 32.1. The van der Waals surface area contributed by atoms with Crippen LogP contribution in [0.15, 0.2) is 63.5 Å². The molecule has 38 heavy (non-hydrogen) atoms. The molecule has 0 spiro atoms. The molecule has 1 atom stereocenters. The molecule has 3 aromatic rings. The number of esters is 3. The summed E-state index contributed by atoms with van der Waals surface area (Å²) >= 11 is 1.17. The van der Waals surface area contributed by atoms with E-state index in [-0.39, 0.29) is 22.6 Å². The highest BCUT2D eigenvalue weighted by Crippen LogP contribution is 2.36. The van der Waals surface area contributed by atoms with Gasteiger partial charge in [-0.1, -0.05) is 29.5 Å². The number of nitrogens with zero attached hydrogens (tertiary/aromatic N) is 2. The lowest BCUT2D eigenvalue weighted by molar-refractivity contribution is -0.136. The molecule has 0 N–H and O–H groups in total. The molecule has 0 unspecified atom stereocenters. The number of carbonyl (C=O) groups excluding carboxylic acids is 3. The Hall–Kier alpha value is -4.51. The van der Waals surface area contributed by atoms with Crippen molar-refractivity contribution in [2.45, 2.75) is 26.8 Å². The van der Waals surface area contributed by atoms with Gasteiger partial charge in [-0.25, -0.2) is 9.79 Å². The number of thiazole rings is 1. The van der Waals surface area contributed by atoms with Crippen molar-refractivity contribution in [1.29, 1.82) is 0 Å². The fraction of sp³-hybridized carbons (Fsp3) is 0.222. The Kier molecular flexibility index (Phi) is 7.58. The molecular weight excluding hydrogens is 512 g/mol. The van der Waals surface area contributed by atoms with Crippen LogP contribution in [0.3, 0.4) is 0 Å². The van der Waals surface area contributed by atoms with E-state index in [9.17, 15) is 19.2 Å². The van der Waals surface area contributed by atoms with E-state index in [0.29, 0.717) is 31.9 Å². The number of carbonyl (C=O) groups is 3. The van der Waals surface area contributed by atoms with Crippen molar-refractivity contribution in [1.82, 2.24) is 4.57 Å². The first-order chi connectivity index (χ1) is 18.1. The van der Waals surface area contributed by atoms with Crippen LogP contribution in [0.2, 0.25) is 0 Å². The molecule has 0 aliphatic carbocycles. The van der Waals surface area contributed by atoms with Crippen LogP contribution >= 0.6 is 11.3 Å². The maximum absolute atomic E-state index is 13.7. The Morgan fingerprint density at radius 3 is 2.26 bits per heavy atom. The van der Waals surface area contributed by atoms with Crippen molar-refractivity contribution in [3.8, 4) is 17.2 Å². The normalized spacial score (nSPS) is 14.9. The average Bonchev–Trinajstić information content (AvgIpc) is 3.17. The summed E-state index contributed by atoms with van der Waals surface area (Å²) in [5.41, 5.74) is 1.48. The van der Waals surface area contributed by atoms with Crippen LogP contribution in [0.4, 0.5) is 0 Å². The Morgan fingerprint density at radius 1 is 0.974 bits per heavy atom. The number of hydrogen-bond acceptors (Lipinski definition) is 10. The van der Waals surface area contributed by atoms with Crippen molar-refractivity contribution >= 4 is 35.3 Å². The van der Waals surface area contributed by atoms with Gasteiger partial charge in [0.15, 0.2) is 16.3 Å². The molecule has 0 radical (unpaired) electrons. The van der Waals surface area contributed by atoms with Crippen LogP contribution < -0.4 is 29.1 Å². The Labute approximate surface area is 221 Å². The Morgan fingerprint density at radius 2 is 1.66 bits per heavy atom. The highest BCUT2D eigenvalue weighted by Gasteiger charge is 2.33. The molecule has 1 aliphatic rings. The molecule has 2 heterocycles. The summed E-state index contributed by atoms with van der Waals surface area (Å²) in [5, 5.41) is 0. The van der Waals surface area contributed by atoms with Crippen LogP contribution in [0.5, 0.6) is 17.2 Å². The summed E-state index contributed by atoms with van der Waals surface area (Å²) in [5.74, 6) is -0.730. The molecule has 1 aliphatic heterocycles. The third-order valence-electron chi connectivity index (χ3n) is 5.62. The van der Waals surface area contributed by atoms with E-state index in [4.69, 9.17) is 18.9 Å². The van der Waals surface area contributed by atoms with Gasteiger partial charge < -0.3 is 18.9 Å². The van der Waals surface area contributed by atoms with Gasteiger partial charge in [-0.05, 0) is 48.4 Å². The van der Waals surface area contributed by atoms with Gasteiger partial charge in [-0.3, -0.25) is 19.0 Å². The lowest BCUT2D eigenvalue weighted by Gasteiger charge is -2.25. The molecule has 11 heteroatoms.